The average Bonchev–Trinajstić information content (AvgIpc) is 3.03. The van der Waals surface area contributed by atoms with E-state index < -0.39 is 0 Å². The average molecular weight is 521 g/mol. The van der Waals surface area contributed by atoms with Gasteiger partial charge >= 0.3 is 0 Å². The highest BCUT2D eigenvalue weighted by molar-refractivity contribution is 5.97. The predicted octanol–water partition coefficient (Wildman–Crippen LogP) is 8.54. The normalized spacial score (nSPS) is 20.3. The first-order valence-corrected chi connectivity index (χ1v) is 14.2. The van der Waals surface area contributed by atoms with Crippen LogP contribution in [0.15, 0.2) is 110 Å². The van der Waals surface area contributed by atoms with E-state index in [2.05, 4.69) is 106 Å². The molecule has 39 heavy (non-hydrogen) atoms. The lowest BCUT2D eigenvalue weighted by molar-refractivity contribution is -0.127. The molecule has 1 aliphatic carbocycles. The molecule has 2 aliphatic heterocycles. The minimum atomic E-state index is -0.0814. The molecule has 0 saturated carbocycles. The molecule has 0 aromatic heterocycles. The summed E-state index contributed by atoms with van der Waals surface area (Å²) in [7, 11) is 0. The summed E-state index contributed by atoms with van der Waals surface area (Å²) in [6, 6.07) is 0. The third-order valence-corrected chi connectivity index (χ3v) is 7.49. The fourth-order valence-corrected chi connectivity index (χ4v) is 5.33. The number of aliphatic imine (C=N–C) groups is 1. The Morgan fingerprint density at radius 3 is 2.67 bits per heavy atom. The van der Waals surface area contributed by atoms with Crippen LogP contribution in [0.25, 0.3) is 0 Å². The number of amides is 1. The van der Waals surface area contributed by atoms with Gasteiger partial charge in [0.1, 0.15) is 5.70 Å². The van der Waals surface area contributed by atoms with E-state index >= 15 is 0 Å². The first kappa shape index (κ1) is 29.9. The smallest absolute Gasteiger partial charge is 0.250 e. The van der Waals surface area contributed by atoms with Gasteiger partial charge in [-0.25, -0.2) is 0 Å². The van der Waals surface area contributed by atoms with Crippen molar-refractivity contribution in [1.82, 2.24) is 4.90 Å². The molecule has 0 unspecified atom stereocenters. The summed E-state index contributed by atoms with van der Waals surface area (Å²) >= 11 is 0. The maximum absolute atomic E-state index is 13.7. The maximum Gasteiger partial charge on any atom is 0.250 e. The summed E-state index contributed by atoms with van der Waals surface area (Å²) in [6.45, 7) is 14.2. The first-order chi connectivity index (χ1) is 18.7. The Hall–Kier alpha value is -3.64. The van der Waals surface area contributed by atoms with Crippen LogP contribution in [0.5, 0.6) is 0 Å². The summed E-state index contributed by atoms with van der Waals surface area (Å²) in [5, 5.41) is 0. The standard InChI is InChI=1S/C36H44N2O/c1-8-12-17-30(29(10-3)16-9-2)18-14-13-15-21-38-26-28-22-27(5)23-31(32(24-28)35(38)39)25-33-34(11-4)37-20-19-36(33,6)7/h4,9-10,12-14,16-18,20,22-23H,8,15,19,21,24-26H2,1-3,5-7H3/b14-13+,16-9-,17-12-,29-10+,30-18+. The molecule has 3 aliphatic rings. The van der Waals surface area contributed by atoms with Crippen molar-refractivity contribution >= 4 is 12.1 Å². The highest BCUT2D eigenvalue weighted by Gasteiger charge is 2.33. The van der Waals surface area contributed by atoms with Crippen LogP contribution in [0.4, 0.5) is 0 Å². The number of hydrogen-bond acceptors (Lipinski definition) is 2. The molecule has 1 amide bonds. The quantitative estimate of drug-likeness (QED) is 0.210. The van der Waals surface area contributed by atoms with Gasteiger partial charge in [0.05, 0.1) is 0 Å². The Morgan fingerprint density at radius 1 is 1.18 bits per heavy atom. The number of terminal acetylenes is 1. The molecule has 0 aromatic carbocycles. The summed E-state index contributed by atoms with van der Waals surface area (Å²) in [4.78, 5) is 20.2. The van der Waals surface area contributed by atoms with Crippen LogP contribution < -0.4 is 0 Å². The van der Waals surface area contributed by atoms with E-state index in [9.17, 15) is 4.79 Å². The van der Waals surface area contributed by atoms with E-state index in [0.29, 0.717) is 31.6 Å². The second-order valence-electron chi connectivity index (χ2n) is 11.0. The number of allylic oxidation sites excluding steroid dienone is 15. The molecule has 0 atom stereocenters. The number of carbonyl (C=O) groups is 1. The van der Waals surface area contributed by atoms with E-state index in [1.54, 1.807) is 0 Å². The highest BCUT2D eigenvalue weighted by atomic mass is 16.2. The molecule has 1 saturated heterocycles. The van der Waals surface area contributed by atoms with Crippen LogP contribution in [-0.4, -0.2) is 30.1 Å². The third kappa shape index (κ3) is 7.70. The number of rotatable bonds is 10. The molecule has 3 nitrogen and oxygen atoms in total. The number of likely N-dealkylation sites (tertiary alicyclic amines) is 1. The lowest BCUT2D eigenvalue weighted by Gasteiger charge is -2.33. The molecule has 0 radical (unpaired) electrons. The fourth-order valence-electron chi connectivity index (χ4n) is 5.33. The second kappa shape index (κ2) is 13.9. The molecule has 1 fully saturated rings. The molecule has 0 aromatic rings. The van der Waals surface area contributed by atoms with Gasteiger partial charge in [-0.15, -0.1) is 6.42 Å². The lowest BCUT2D eigenvalue weighted by atomic mass is 9.75. The Bertz CT molecular complexity index is 1310. The van der Waals surface area contributed by atoms with Crippen LogP contribution in [0, 0.1) is 17.8 Å². The van der Waals surface area contributed by atoms with Gasteiger partial charge in [-0.3, -0.25) is 9.79 Å². The van der Waals surface area contributed by atoms with Crippen molar-refractivity contribution in [2.45, 2.75) is 73.6 Å². The SMILES string of the molecule is C#CC1=C(CC2=C3CC(=CC(C)=C2)CN(CC/C=C/C=C(\C=C/CC)C(/C=C\C)=C/C)C3=O)C(C)(C)CC=N1. The van der Waals surface area contributed by atoms with E-state index in [1.807, 2.05) is 18.0 Å². The van der Waals surface area contributed by atoms with Crippen LogP contribution in [-0.2, 0) is 4.79 Å². The van der Waals surface area contributed by atoms with Crippen molar-refractivity contribution in [2.75, 3.05) is 13.1 Å². The number of piperidine rings is 1. The molecular weight excluding hydrogens is 476 g/mol. The Labute approximate surface area is 236 Å². The Morgan fingerprint density at radius 2 is 1.97 bits per heavy atom. The number of nitrogens with zero attached hydrogens (tertiary/aromatic N) is 2. The van der Waals surface area contributed by atoms with Crippen LogP contribution >= 0.6 is 0 Å². The van der Waals surface area contributed by atoms with E-state index in [-0.39, 0.29) is 11.3 Å². The van der Waals surface area contributed by atoms with Crippen LogP contribution in [0.1, 0.15) is 73.6 Å². The van der Waals surface area contributed by atoms with Crippen molar-refractivity contribution in [3.8, 4) is 12.3 Å². The summed E-state index contributed by atoms with van der Waals surface area (Å²) in [5.74, 6) is 2.93. The maximum atomic E-state index is 13.7. The molecule has 0 spiro atoms. The van der Waals surface area contributed by atoms with E-state index in [4.69, 9.17) is 6.42 Å². The Balaban J connectivity index is 1.81. The third-order valence-electron chi connectivity index (χ3n) is 7.49. The van der Waals surface area contributed by atoms with E-state index in [1.165, 1.54) is 22.3 Å². The molecule has 204 valence electrons. The van der Waals surface area contributed by atoms with Gasteiger partial charge in [-0.2, -0.15) is 0 Å². The zero-order valence-corrected chi connectivity index (χ0v) is 24.7. The summed E-state index contributed by atoms with van der Waals surface area (Å²) < 4.78 is 0. The first-order valence-electron chi connectivity index (χ1n) is 14.2. The van der Waals surface area contributed by atoms with Crippen LogP contribution in [0.3, 0.4) is 0 Å². The van der Waals surface area contributed by atoms with Gasteiger partial charge < -0.3 is 4.90 Å². The zero-order chi connectivity index (χ0) is 28.4. The van der Waals surface area contributed by atoms with Crippen molar-refractivity contribution in [2.24, 2.45) is 10.4 Å². The molecule has 2 bridgehead atoms. The van der Waals surface area contributed by atoms with E-state index in [0.717, 1.165) is 36.0 Å². The van der Waals surface area contributed by atoms with Gasteiger partial charge in [0.2, 0.25) is 0 Å². The fraction of sp³-hybridized carbons (Fsp3) is 0.389. The minimum Gasteiger partial charge on any atom is -0.335 e. The molecular formula is C36H44N2O. The minimum absolute atomic E-state index is 0.0814. The van der Waals surface area contributed by atoms with Crippen LogP contribution in [0.2, 0.25) is 0 Å². The van der Waals surface area contributed by atoms with Crippen molar-refractivity contribution < 1.29 is 4.79 Å². The van der Waals surface area contributed by atoms with Gasteiger partial charge in [-0.1, -0.05) is 93.0 Å². The molecule has 2 heterocycles. The second-order valence-corrected chi connectivity index (χ2v) is 11.0. The number of carbonyl (C=O) groups excluding carboxylic acids is 1. The summed E-state index contributed by atoms with van der Waals surface area (Å²) in [6.07, 6.45) is 33.3. The molecule has 3 heteroatoms. The van der Waals surface area contributed by atoms with Crippen molar-refractivity contribution in [3.63, 3.8) is 0 Å². The van der Waals surface area contributed by atoms with Gasteiger partial charge in [0.15, 0.2) is 0 Å². The topological polar surface area (TPSA) is 32.7 Å². The van der Waals surface area contributed by atoms with Gasteiger partial charge in [-0.05, 0) is 79.7 Å². The zero-order valence-electron chi connectivity index (χ0n) is 24.7. The van der Waals surface area contributed by atoms with Gasteiger partial charge in [0, 0.05) is 31.3 Å². The largest absolute Gasteiger partial charge is 0.335 e. The molecule has 3 rings (SSSR count). The van der Waals surface area contributed by atoms with Crippen molar-refractivity contribution in [1.29, 1.82) is 0 Å². The highest BCUT2D eigenvalue weighted by Crippen LogP contribution is 2.41. The monoisotopic (exact) mass is 520 g/mol. The predicted molar refractivity (Wildman–Crippen MR) is 167 cm³/mol. The number of hydrogen-bond donors (Lipinski definition) is 0. The summed E-state index contributed by atoms with van der Waals surface area (Å²) in [5.41, 5.74) is 8.62. The Kier molecular flexibility index (Phi) is 10.7. The molecule has 0 N–H and O–H groups in total. The van der Waals surface area contributed by atoms with Gasteiger partial charge in [0.25, 0.3) is 5.91 Å². The number of fused-ring (bicyclic) bond motifs is 2. The lowest BCUT2D eigenvalue weighted by Crippen LogP contribution is -2.39. The van der Waals surface area contributed by atoms with Crippen molar-refractivity contribution in [3.05, 3.63) is 105 Å².